The van der Waals surface area contributed by atoms with E-state index >= 15 is 0 Å². The Morgan fingerprint density at radius 3 is 2.77 bits per heavy atom. The van der Waals surface area contributed by atoms with Gasteiger partial charge < -0.3 is 14.8 Å². The first-order valence-corrected chi connectivity index (χ1v) is 9.55. The van der Waals surface area contributed by atoms with Gasteiger partial charge in [-0.15, -0.1) is 0 Å². The molecule has 2 heterocycles. The summed E-state index contributed by atoms with van der Waals surface area (Å²) in [4.78, 5) is 12.9. The molecular formula is C23H18FN3O3. The van der Waals surface area contributed by atoms with Crippen molar-refractivity contribution in [2.24, 2.45) is 0 Å². The molecule has 0 saturated carbocycles. The summed E-state index contributed by atoms with van der Waals surface area (Å²) in [7, 11) is 0. The number of rotatable bonds is 3. The minimum atomic E-state index is -0.356. The molecule has 2 N–H and O–H groups in total. The number of nitrogens with zero attached hydrogens (tertiary/aromatic N) is 1. The van der Waals surface area contributed by atoms with E-state index in [0.717, 1.165) is 16.6 Å². The van der Waals surface area contributed by atoms with Crippen LogP contribution in [0.5, 0.6) is 11.5 Å². The lowest BCUT2D eigenvalue weighted by molar-refractivity contribution is 0.102. The highest BCUT2D eigenvalue weighted by molar-refractivity contribution is 6.11. The minimum absolute atomic E-state index is 0.260. The Hall–Kier alpha value is -3.87. The number of ether oxygens (including phenoxy) is 2. The summed E-state index contributed by atoms with van der Waals surface area (Å²) >= 11 is 0. The van der Waals surface area contributed by atoms with Crippen LogP contribution in [0.4, 0.5) is 10.1 Å². The van der Waals surface area contributed by atoms with Crippen molar-refractivity contribution in [1.82, 2.24) is 10.2 Å². The fourth-order valence-electron chi connectivity index (χ4n) is 3.59. The van der Waals surface area contributed by atoms with Crippen molar-refractivity contribution in [1.29, 1.82) is 0 Å². The van der Waals surface area contributed by atoms with Crippen molar-refractivity contribution < 1.29 is 18.7 Å². The molecule has 0 fully saturated rings. The molecule has 7 heteroatoms. The van der Waals surface area contributed by atoms with Gasteiger partial charge >= 0.3 is 0 Å². The number of hydrogen-bond acceptors (Lipinski definition) is 4. The normalized spacial score (nSPS) is 12.7. The predicted molar refractivity (Wildman–Crippen MR) is 112 cm³/mol. The zero-order valence-corrected chi connectivity index (χ0v) is 16.2. The number of nitrogens with one attached hydrogen (secondary N) is 2. The van der Waals surface area contributed by atoms with E-state index in [1.807, 2.05) is 24.3 Å². The number of aromatic amines is 1. The predicted octanol–water partition coefficient (Wildman–Crippen LogP) is 4.70. The largest absolute Gasteiger partial charge is 0.486 e. The molecule has 0 atom stereocenters. The molecule has 5 rings (SSSR count). The molecule has 30 heavy (non-hydrogen) atoms. The van der Waals surface area contributed by atoms with Crippen LogP contribution in [0.3, 0.4) is 0 Å². The average Bonchev–Trinajstić information content (AvgIpc) is 3.19. The van der Waals surface area contributed by atoms with Crippen molar-refractivity contribution >= 4 is 22.5 Å². The Morgan fingerprint density at radius 2 is 1.90 bits per heavy atom. The van der Waals surface area contributed by atoms with Gasteiger partial charge in [0, 0.05) is 17.1 Å². The Labute approximate surface area is 171 Å². The second kappa shape index (κ2) is 7.18. The molecule has 0 radical (unpaired) electrons. The van der Waals surface area contributed by atoms with Gasteiger partial charge in [0.15, 0.2) is 17.2 Å². The van der Waals surface area contributed by atoms with Crippen LogP contribution in [0, 0.1) is 12.7 Å². The molecule has 0 aliphatic carbocycles. The minimum Gasteiger partial charge on any atom is -0.486 e. The van der Waals surface area contributed by atoms with E-state index < -0.39 is 0 Å². The highest BCUT2D eigenvalue weighted by Gasteiger charge is 2.18. The van der Waals surface area contributed by atoms with Crippen LogP contribution in [0.15, 0.2) is 54.6 Å². The molecule has 0 bridgehead atoms. The lowest BCUT2D eigenvalue weighted by atomic mass is 9.98. The smallest absolute Gasteiger partial charge is 0.276 e. The molecule has 1 amide bonds. The SMILES string of the molecule is Cc1c(F)cccc1-c1ccc2[nH]nc(C(=O)Nc3ccc4c(c3)OCCO4)c2c1. The van der Waals surface area contributed by atoms with Gasteiger partial charge in [0.05, 0.1) is 5.52 Å². The maximum Gasteiger partial charge on any atom is 0.276 e. The Balaban J connectivity index is 1.48. The lowest BCUT2D eigenvalue weighted by Crippen LogP contribution is -2.16. The number of amides is 1. The monoisotopic (exact) mass is 403 g/mol. The van der Waals surface area contributed by atoms with Gasteiger partial charge in [0.1, 0.15) is 19.0 Å². The summed E-state index contributed by atoms with van der Waals surface area (Å²) in [6, 6.07) is 15.8. The summed E-state index contributed by atoms with van der Waals surface area (Å²) < 4.78 is 25.1. The number of hydrogen-bond donors (Lipinski definition) is 2. The summed E-state index contributed by atoms with van der Waals surface area (Å²) in [5.41, 5.74) is 3.71. The quantitative estimate of drug-likeness (QED) is 0.520. The number of halogens is 1. The second-order valence-electron chi connectivity index (χ2n) is 7.06. The van der Waals surface area contributed by atoms with Crippen LogP contribution in [0.2, 0.25) is 0 Å². The summed E-state index contributed by atoms with van der Waals surface area (Å²) in [5, 5.41) is 10.6. The van der Waals surface area contributed by atoms with Crippen LogP contribution >= 0.6 is 0 Å². The number of benzene rings is 3. The molecule has 0 unspecified atom stereocenters. The van der Waals surface area contributed by atoms with Gasteiger partial charge in [-0.2, -0.15) is 5.10 Å². The summed E-state index contributed by atoms with van der Waals surface area (Å²) in [6.07, 6.45) is 0. The fraction of sp³-hybridized carbons (Fsp3) is 0.130. The van der Waals surface area contributed by atoms with Gasteiger partial charge in [0.2, 0.25) is 0 Å². The molecule has 0 saturated heterocycles. The molecule has 0 spiro atoms. The third-order valence-corrected chi connectivity index (χ3v) is 5.16. The topological polar surface area (TPSA) is 76.2 Å². The molecule has 150 valence electrons. The van der Waals surface area contributed by atoms with E-state index in [-0.39, 0.29) is 17.4 Å². The van der Waals surface area contributed by atoms with Crippen molar-refractivity contribution in [3.05, 3.63) is 71.7 Å². The number of fused-ring (bicyclic) bond motifs is 2. The molecule has 4 aromatic rings. The van der Waals surface area contributed by atoms with Gasteiger partial charge in [-0.3, -0.25) is 9.89 Å². The van der Waals surface area contributed by atoms with Crippen molar-refractivity contribution in [3.63, 3.8) is 0 Å². The maximum atomic E-state index is 14.0. The summed E-state index contributed by atoms with van der Waals surface area (Å²) in [6.45, 7) is 2.71. The van der Waals surface area contributed by atoms with E-state index in [9.17, 15) is 9.18 Å². The number of anilines is 1. The van der Waals surface area contributed by atoms with Gasteiger partial charge in [-0.25, -0.2) is 4.39 Å². The Bertz CT molecular complexity index is 1280. The lowest BCUT2D eigenvalue weighted by Gasteiger charge is -2.18. The zero-order valence-electron chi connectivity index (χ0n) is 16.2. The van der Waals surface area contributed by atoms with Crippen LogP contribution in [-0.4, -0.2) is 29.3 Å². The fourth-order valence-corrected chi connectivity index (χ4v) is 3.59. The first-order valence-electron chi connectivity index (χ1n) is 9.55. The molecular weight excluding hydrogens is 385 g/mol. The van der Waals surface area contributed by atoms with Gasteiger partial charge in [-0.1, -0.05) is 18.2 Å². The van der Waals surface area contributed by atoms with E-state index in [4.69, 9.17) is 9.47 Å². The van der Waals surface area contributed by atoms with Crippen molar-refractivity contribution in [3.8, 4) is 22.6 Å². The molecule has 1 aliphatic rings. The van der Waals surface area contributed by atoms with Gasteiger partial charge in [0.25, 0.3) is 5.91 Å². The van der Waals surface area contributed by atoms with E-state index in [2.05, 4.69) is 15.5 Å². The summed E-state index contributed by atoms with van der Waals surface area (Å²) in [5.74, 6) is 0.622. The number of carbonyl (C=O) groups is 1. The first kappa shape index (κ1) is 18.2. The highest BCUT2D eigenvalue weighted by Crippen LogP contribution is 2.33. The maximum absolute atomic E-state index is 14.0. The number of carbonyl (C=O) groups excluding carboxylic acids is 1. The molecule has 1 aromatic heterocycles. The molecule has 1 aliphatic heterocycles. The second-order valence-corrected chi connectivity index (χ2v) is 7.06. The van der Waals surface area contributed by atoms with Gasteiger partial charge in [-0.05, 0) is 53.9 Å². The first-order chi connectivity index (χ1) is 14.6. The third-order valence-electron chi connectivity index (χ3n) is 5.16. The molecule has 3 aromatic carbocycles. The van der Waals surface area contributed by atoms with Crippen molar-refractivity contribution in [2.45, 2.75) is 6.92 Å². The molecule has 6 nitrogen and oxygen atoms in total. The van der Waals surface area contributed by atoms with Crippen LogP contribution in [-0.2, 0) is 0 Å². The van der Waals surface area contributed by atoms with E-state index in [0.29, 0.717) is 41.3 Å². The third kappa shape index (κ3) is 3.14. The Kier molecular flexibility index (Phi) is 4.35. The average molecular weight is 403 g/mol. The van der Waals surface area contributed by atoms with Crippen LogP contribution in [0.1, 0.15) is 16.1 Å². The van der Waals surface area contributed by atoms with Crippen molar-refractivity contribution in [2.75, 3.05) is 18.5 Å². The standard InChI is InChI=1S/C23H18FN3O3/c1-13-16(3-2-4-18(13)24)14-5-7-19-17(11-14)22(27-26-19)23(28)25-15-6-8-20-21(12-15)30-10-9-29-20/h2-8,11-12H,9-10H2,1H3,(H,25,28)(H,26,27). The Morgan fingerprint density at radius 1 is 1.07 bits per heavy atom. The van der Waals surface area contributed by atoms with Crippen LogP contribution < -0.4 is 14.8 Å². The number of aromatic nitrogens is 2. The zero-order chi connectivity index (χ0) is 20.7. The number of H-pyrrole nitrogens is 1. The van der Waals surface area contributed by atoms with E-state index in [1.54, 1.807) is 31.2 Å². The van der Waals surface area contributed by atoms with Crippen LogP contribution in [0.25, 0.3) is 22.0 Å². The van der Waals surface area contributed by atoms with E-state index in [1.165, 1.54) is 6.07 Å². The highest BCUT2D eigenvalue weighted by atomic mass is 19.1.